The first-order chi connectivity index (χ1) is 18.0. The summed E-state index contributed by atoms with van der Waals surface area (Å²) >= 11 is 2.77. The van der Waals surface area contributed by atoms with E-state index in [0.717, 1.165) is 50.3 Å². The summed E-state index contributed by atoms with van der Waals surface area (Å²) in [5, 5.41) is 4.40. The molecule has 1 amide bonds. The Hall–Kier alpha value is -3.06. The SMILES string of the molecule is COCCN(CCOC)C(=O)[C@@H]1CCc2c(sc3ncnc(Nc4cc5sc(=O)[nH]c5cc4OC)c23)C1. The average molecular weight is 544 g/mol. The number of fused-ring (bicyclic) bond motifs is 4. The summed E-state index contributed by atoms with van der Waals surface area (Å²) < 4.78 is 16.8. The molecule has 0 saturated heterocycles. The van der Waals surface area contributed by atoms with Crippen LogP contribution in [0.4, 0.5) is 11.5 Å². The molecule has 196 valence electrons. The lowest BCUT2D eigenvalue weighted by molar-refractivity contribution is -0.137. The van der Waals surface area contributed by atoms with Crippen LogP contribution in [0.3, 0.4) is 0 Å². The van der Waals surface area contributed by atoms with Crippen molar-refractivity contribution in [2.45, 2.75) is 19.3 Å². The van der Waals surface area contributed by atoms with Crippen LogP contribution in [-0.4, -0.2) is 73.4 Å². The second-order valence-electron chi connectivity index (χ2n) is 8.84. The number of carbonyl (C=O) groups excluding carboxylic acids is 1. The van der Waals surface area contributed by atoms with Crippen LogP contribution < -0.4 is 14.9 Å². The third-order valence-corrected chi connectivity index (χ3v) is 8.64. The minimum absolute atomic E-state index is 0.0856. The van der Waals surface area contributed by atoms with Crippen LogP contribution in [0.5, 0.6) is 5.75 Å². The molecule has 0 spiro atoms. The highest BCUT2D eigenvalue weighted by Crippen LogP contribution is 2.42. The third-order valence-electron chi connectivity index (χ3n) is 6.63. The van der Waals surface area contributed by atoms with Gasteiger partial charge in [-0.3, -0.25) is 9.59 Å². The van der Waals surface area contributed by atoms with Gasteiger partial charge in [0.05, 0.1) is 41.6 Å². The van der Waals surface area contributed by atoms with Crippen LogP contribution in [0.1, 0.15) is 16.9 Å². The van der Waals surface area contributed by atoms with E-state index in [4.69, 9.17) is 14.2 Å². The summed E-state index contributed by atoms with van der Waals surface area (Å²) in [6.45, 7) is 2.09. The number of amides is 1. The second kappa shape index (κ2) is 11.1. The maximum absolute atomic E-state index is 13.4. The Morgan fingerprint density at radius 1 is 1.16 bits per heavy atom. The lowest BCUT2D eigenvalue weighted by Crippen LogP contribution is -2.41. The second-order valence-corrected chi connectivity index (χ2v) is 10.9. The number of H-pyrrole nitrogens is 1. The largest absolute Gasteiger partial charge is 0.494 e. The summed E-state index contributed by atoms with van der Waals surface area (Å²) in [6.07, 6.45) is 3.75. The normalized spacial score (nSPS) is 15.2. The number of methoxy groups -OCH3 is 3. The molecule has 0 aliphatic heterocycles. The van der Waals surface area contributed by atoms with Gasteiger partial charge in [0.15, 0.2) is 0 Å². The molecule has 1 atom stereocenters. The quantitative estimate of drug-likeness (QED) is 0.312. The van der Waals surface area contributed by atoms with Gasteiger partial charge in [-0.2, -0.15) is 0 Å². The highest BCUT2D eigenvalue weighted by molar-refractivity contribution is 7.19. The predicted octanol–water partition coefficient (Wildman–Crippen LogP) is 3.57. The van der Waals surface area contributed by atoms with Gasteiger partial charge in [0.25, 0.3) is 0 Å². The lowest BCUT2D eigenvalue weighted by Gasteiger charge is -2.29. The summed E-state index contributed by atoms with van der Waals surface area (Å²) in [7, 11) is 4.88. The maximum Gasteiger partial charge on any atom is 0.305 e. The van der Waals surface area contributed by atoms with Gasteiger partial charge in [-0.1, -0.05) is 11.3 Å². The van der Waals surface area contributed by atoms with Crippen molar-refractivity contribution < 1.29 is 19.0 Å². The predicted molar refractivity (Wildman–Crippen MR) is 146 cm³/mol. The molecule has 10 nitrogen and oxygen atoms in total. The molecular formula is C25H29N5O5S2. The van der Waals surface area contributed by atoms with Crippen LogP contribution >= 0.6 is 22.7 Å². The molecule has 0 fully saturated rings. The van der Waals surface area contributed by atoms with Crippen molar-refractivity contribution in [3.63, 3.8) is 0 Å². The molecule has 1 aliphatic carbocycles. The van der Waals surface area contributed by atoms with Gasteiger partial charge in [-0.05, 0) is 30.9 Å². The number of aryl methyl sites for hydroxylation is 1. The number of nitrogens with one attached hydrogen (secondary N) is 2. The van der Waals surface area contributed by atoms with Gasteiger partial charge < -0.3 is 29.4 Å². The molecule has 3 heterocycles. The van der Waals surface area contributed by atoms with Gasteiger partial charge in [0.1, 0.15) is 22.7 Å². The molecule has 0 saturated carbocycles. The number of anilines is 2. The molecule has 4 aromatic rings. The molecule has 12 heteroatoms. The van der Waals surface area contributed by atoms with E-state index in [2.05, 4.69) is 20.3 Å². The first-order valence-electron chi connectivity index (χ1n) is 12.0. The minimum atomic E-state index is -0.113. The number of ether oxygens (including phenoxy) is 3. The van der Waals surface area contributed by atoms with E-state index in [9.17, 15) is 9.59 Å². The van der Waals surface area contributed by atoms with Crippen LogP contribution in [0.2, 0.25) is 0 Å². The molecule has 0 unspecified atom stereocenters. The van der Waals surface area contributed by atoms with Crippen LogP contribution in [0.15, 0.2) is 23.3 Å². The molecule has 0 bridgehead atoms. The van der Waals surface area contributed by atoms with E-state index < -0.39 is 0 Å². The van der Waals surface area contributed by atoms with Crippen molar-refractivity contribution in [3.8, 4) is 5.75 Å². The van der Waals surface area contributed by atoms with Gasteiger partial charge in [-0.25, -0.2) is 9.97 Å². The van der Waals surface area contributed by atoms with E-state index in [1.165, 1.54) is 10.4 Å². The van der Waals surface area contributed by atoms with E-state index in [1.54, 1.807) is 39.0 Å². The molecule has 37 heavy (non-hydrogen) atoms. The molecular weight excluding hydrogens is 514 g/mol. The van der Waals surface area contributed by atoms with E-state index in [-0.39, 0.29) is 16.7 Å². The number of hydrogen-bond acceptors (Lipinski definition) is 10. The minimum Gasteiger partial charge on any atom is -0.494 e. The number of rotatable bonds is 10. The number of nitrogens with zero attached hydrogens (tertiary/aromatic N) is 3. The van der Waals surface area contributed by atoms with Gasteiger partial charge in [0.2, 0.25) is 5.91 Å². The van der Waals surface area contributed by atoms with Gasteiger partial charge >= 0.3 is 4.87 Å². The monoisotopic (exact) mass is 543 g/mol. The van der Waals surface area contributed by atoms with Gasteiger partial charge in [-0.15, -0.1) is 11.3 Å². The highest BCUT2D eigenvalue weighted by atomic mass is 32.1. The van der Waals surface area contributed by atoms with Crippen molar-refractivity contribution in [2.75, 3.05) is 52.9 Å². The van der Waals surface area contributed by atoms with Crippen molar-refractivity contribution in [1.29, 1.82) is 0 Å². The number of hydrogen-bond donors (Lipinski definition) is 2. The Morgan fingerprint density at radius 2 is 1.95 bits per heavy atom. The molecule has 2 N–H and O–H groups in total. The van der Waals surface area contributed by atoms with Crippen molar-refractivity contribution in [3.05, 3.63) is 38.6 Å². The number of aromatic nitrogens is 3. The van der Waals surface area contributed by atoms with Crippen LogP contribution in [0, 0.1) is 5.92 Å². The van der Waals surface area contributed by atoms with Crippen molar-refractivity contribution in [2.24, 2.45) is 5.92 Å². The third kappa shape index (κ3) is 5.19. The molecule has 0 radical (unpaired) electrons. The first-order valence-corrected chi connectivity index (χ1v) is 13.7. The first kappa shape index (κ1) is 25.6. The summed E-state index contributed by atoms with van der Waals surface area (Å²) in [5.41, 5.74) is 2.65. The average Bonchev–Trinajstić information content (AvgIpc) is 3.46. The number of carbonyl (C=O) groups is 1. The maximum atomic E-state index is 13.4. The Kier molecular flexibility index (Phi) is 7.70. The number of benzene rings is 1. The zero-order valence-electron chi connectivity index (χ0n) is 21.0. The van der Waals surface area contributed by atoms with Crippen molar-refractivity contribution in [1.82, 2.24) is 19.9 Å². The van der Waals surface area contributed by atoms with Crippen LogP contribution in [-0.2, 0) is 27.1 Å². The Balaban J connectivity index is 1.43. The van der Waals surface area contributed by atoms with Crippen LogP contribution in [0.25, 0.3) is 20.4 Å². The summed E-state index contributed by atoms with van der Waals surface area (Å²) in [4.78, 5) is 40.9. The fourth-order valence-corrected chi connectivity index (χ4v) is 6.81. The van der Waals surface area contributed by atoms with Crippen molar-refractivity contribution >= 4 is 60.5 Å². The Bertz CT molecular complexity index is 1470. The van der Waals surface area contributed by atoms with E-state index >= 15 is 0 Å². The number of thiazole rings is 1. The number of thiophene rings is 1. The fraction of sp³-hybridized carbons (Fsp3) is 0.440. The fourth-order valence-electron chi connectivity index (χ4n) is 4.78. The zero-order chi connectivity index (χ0) is 25.9. The topological polar surface area (TPSA) is 119 Å². The molecule has 5 rings (SSSR count). The molecule has 1 aromatic carbocycles. The van der Waals surface area contributed by atoms with E-state index in [0.29, 0.717) is 44.3 Å². The number of aromatic amines is 1. The van der Waals surface area contributed by atoms with Gasteiger partial charge in [0, 0.05) is 44.2 Å². The molecule has 3 aromatic heterocycles. The van der Waals surface area contributed by atoms with E-state index in [1.807, 2.05) is 17.0 Å². The standard InChI is InChI=1S/C25H29N5O5S2/c1-33-8-6-30(7-9-34-2)24(31)14-4-5-15-19(10-14)36-23-21(15)22(26-13-27-23)28-16-12-20-17(11-18(16)35-3)29-25(32)37-20/h11-14H,4-10H2,1-3H3,(H,29,32)(H,26,27,28)/t14-/m1/s1. The summed E-state index contributed by atoms with van der Waals surface area (Å²) in [6, 6.07) is 3.71. The Morgan fingerprint density at radius 3 is 2.68 bits per heavy atom. The smallest absolute Gasteiger partial charge is 0.305 e. The zero-order valence-corrected chi connectivity index (χ0v) is 22.6. The lowest BCUT2D eigenvalue weighted by atomic mass is 9.87. The Labute approximate surface area is 221 Å². The summed E-state index contributed by atoms with van der Waals surface area (Å²) in [5.74, 6) is 1.35. The highest BCUT2D eigenvalue weighted by Gasteiger charge is 2.31. The molecule has 1 aliphatic rings.